The Morgan fingerprint density at radius 2 is 1.92 bits per heavy atom. The third-order valence-electron chi connectivity index (χ3n) is 3.19. The highest BCUT2D eigenvalue weighted by molar-refractivity contribution is 5.79. The smallest absolute Gasteiger partial charge is 0.213 e. The van der Waals surface area contributed by atoms with Crippen LogP contribution >= 0.6 is 0 Å². The van der Waals surface area contributed by atoms with Gasteiger partial charge in [0.25, 0.3) is 0 Å². The highest BCUT2D eigenvalue weighted by Gasteiger charge is 2.02. The Morgan fingerprint density at radius 3 is 2.50 bits per heavy atom. The minimum absolute atomic E-state index is 0.104. The van der Waals surface area contributed by atoms with Crippen LogP contribution in [-0.4, -0.2) is 24.1 Å². The first-order chi connectivity index (χ1) is 11.6. The van der Waals surface area contributed by atoms with E-state index in [-0.39, 0.29) is 11.9 Å². The lowest BCUT2D eigenvalue weighted by Gasteiger charge is -2.13. The molecule has 1 aromatic heterocycles. The number of pyridine rings is 1. The highest BCUT2D eigenvalue weighted by atomic mass is 19.1. The van der Waals surface area contributed by atoms with Crippen LogP contribution in [0.15, 0.2) is 47.6 Å². The molecule has 2 aromatic rings. The first-order valence-corrected chi connectivity index (χ1v) is 7.87. The number of ether oxygens (including phenoxy) is 1. The predicted octanol–water partition coefficient (Wildman–Crippen LogP) is 2.87. The number of nitrogens with zero attached hydrogens (tertiary/aromatic N) is 2. The SMILES string of the molecule is CN=C(NCc1ccc(OC(C)C)nc1)NCc1cccc(F)c1. The van der Waals surface area contributed by atoms with Crippen molar-refractivity contribution < 1.29 is 9.13 Å². The maximum absolute atomic E-state index is 13.2. The van der Waals surface area contributed by atoms with Gasteiger partial charge in [-0.25, -0.2) is 9.37 Å². The first kappa shape index (κ1) is 17.7. The summed E-state index contributed by atoms with van der Waals surface area (Å²) in [6.45, 7) is 5.01. The van der Waals surface area contributed by atoms with Gasteiger partial charge in [0.2, 0.25) is 5.88 Å². The molecular formula is C18H23FN4O. The molecule has 0 aliphatic rings. The molecule has 2 rings (SSSR count). The van der Waals surface area contributed by atoms with Crippen LogP contribution in [0, 0.1) is 5.82 Å². The monoisotopic (exact) mass is 330 g/mol. The van der Waals surface area contributed by atoms with Crippen LogP contribution in [0.4, 0.5) is 4.39 Å². The van der Waals surface area contributed by atoms with Gasteiger partial charge in [-0.1, -0.05) is 18.2 Å². The van der Waals surface area contributed by atoms with Crippen LogP contribution in [0.5, 0.6) is 5.88 Å². The molecule has 128 valence electrons. The normalized spacial score (nSPS) is 11.5. The second-order valence-electron chi connectivity index (χ2n) is 5.58. The zero-order valence-electron chi connectivity index (χ0n) is 14.2. The lowest BCUT2D eigenvalue weighted by atomic mass is 10.2. The summed E-state index contributed by atoms with van der Waals surface area (Å²) < 4.78 is 18.7. The highest BCUT2D eigenvalue weighted by Crippen LogP contribution is 2.09. The average Bonchev–Trinajstić information content (AvgIpc) is 2.56. The van der Waals surface area contributed by atoms with E-state index in [9.17, 15) is 4.39 Å². The number of nitrogens with one attached hydrogen (secondary N) is 2. The quantitative estimate of drug-likeness (QED) is 0.632. The molecule has 0 aliphatic carbocycles. The lowest BCUT2D eigenvalue weighted by Crippen LogP contribution is -2.36. The van der Waals surface area contributed by atoms with E-state index in [1.54, 1.807) is 19.3 Å². The molecule has 0 bridgehead atoms. The number of aliphatic imine (C=N–C) groups is 1. The van der Waals surface area contributed by atoms with Gasteiger partial charge in [-0.05, 0) is 37.1 Å². The van der Waals surface area contributed by atoms with E-state index < -0.39 is 0 Å². The summed E-state index contributed by atoms with van der Waals surface area (Å²) in [5.74, 6) is 1.01. The minimum Gasteiger partial charge on any atom is -0.475 e. The van der Waals surface area contributed by atoms with E-state index >= 15 is 0 Å². The molecule has 6 heteroatoms. The van der Waals surface area contributed by atoms with Gasteiger partial charge < -0.3 is 15.4 Å². The molecule has 2 N–H and O–H groups in total. The zero-order chi connectivity index (χ0) is 17.4. The van der Waals surface area contributed by atoms with Crippen LogP contribution in [0.3, 0.4) is 0 Å². The first-order valence-electron chi connectivity index (χ1n) is 7.87. The fraction of sp³-hybridized carbons (Fsp3) is 0.333. The Morgan fingerprint density at radius 1 is 1.17 bits per heavy atom. The van der Waals surface area contributed by atoms with Crippen molar-refractivity contribution in [1.29, 1.82) is 0 Å². The van der Waals surface area contributed by atoms with Crippen LogP contribution < -0.4 is 15.4 Å². The molecule has 0 aliphatic heterocycles. The van der Waals surface area contributed by atoms with E-state index in [0.717, 1.165) is 11.1 Å². The zero-order valence-corrected chi connectivity index (χ0v) is 14.2. The van der Waals surface area contributed by atoms with Crippen molar-refractivity contribution >= 4 is 5.96 Å². The maximum Gasteiger partial charge on any atom is 0.213 e. The Labute approximate surface area is 142 Å². The Hall–Kier alpha value is -2.63. The van der Waals surface area contributed by atoms with Crippen molar-refractivity contribution in [2.24, 2.45) is 4.99 Å². The number of hydrogen-bond acceptors (Lipinski definition) is 3. The third-order valence-corrected chi connectivity index (χ3v) is 3.19. The molecule has 0 unspecified atom stereocenters. The average molecular weight is 330 g/mol. The third kappa shape index (κ3) is 5.87. The molecular weight excluding hydrogens is 307 g/mol. The van der Waals surface area contributed by atoms with Gasteiger partial charge in [-0.2, -0.15) is 0 Å². The van der Waals surface area contributed by atoms with Gasteiger partial charge in [-0.3, -0.25) is 4.99 Å². The van der Waals surface area contributed by atoms with Crippen molar-refractivity contribution in [3.05, 3.63) is 59.5 Å². The molecule has 0 radical (unpaired) electrons. The topological polar surface area (TPSA) is 58.5 Å². The Bertz CT molecular complexity index is 671. The summed E-state index contributed by atoms with van der Waals surface area (Å²) >= 11 is 0. The number of hydrogen-bond donors (Lipinski definition) is 2. The molecule has 0 atom stereocenters. The van der Waals surface area contributed by atoms with E-state index in [0.29, 0.717) is 24.9 Å². The van der Waals surface area contributed by atoms with E-state index in [4.69, 9.17) is 4.74 Å². The summed E-state index contributed by atoms with van der Waals surface area (Å²) in [4.78, 5) is 8.41. The summed E-state index contributed by atoms with van der Waals surface area (Å²) in [5.41, 5.74) is 1.87. The number of benzene rings is 1. The maximum atomic E-state index is 13.2. The molecule has 0 saturated heterocycles. The molecule has 0 amide bonds. The summed E-state index contributed by atoms with van der Waals surface area (Å²) in [6.07, 6.45) is 1.87. The molecule has 1 aromatic carbocycles. The van der Waals surface area contributed by atoms with Crippen molar-refractivity contribution in [2.45, 2.75) is 33.0 Å². The van der Waals surface area contributed by atoms with Crippen LogP contribution in [-0.2, 0) is 13.1 Å². The summed E-state index contributed by atoms with van der Waals surface area (Å²) in [5, 5.41) is 6.34. The largest absolute Gasteiger partial charge is 0.475 e. The second-order valence-corrected chi connectivity index (χ2v) is 5.58. The van der Waals surface area contributed by atoms with Gasteiger partial charge in [-0.15, -0.1) is 0 Å². The molecule has 0 spiro atoms. The van der Waals surface area contributed by atoms with Gasteiger partial charge >= 0.3 is 0 Å². The number of halogens is 1. The van der Waals surface area contributed by atoms with E-state index in [1.807, 2.05) is 32.0 Å². The number of guanidine groups is 1. The standard InChI is InChI=1S/C18H23FN4O/c1-13(2)24-17-8-7-15(11-21-17)12-23-18(20-3)22-10-14-5-4-6-16(19)9-14/h4-9,11,13H,10,12H2,1-3H3,(H2,20,22,23). The molecule has 24 heavy (non-hydrogen) atoms. The number of aromatic nitrogens is 1. The fourth-order valence-corrected chi connectivity index (χ4v) is 2.07. The Kier molecular flexibility index (Phi) is 6.54. The predicted molar refractivity (Wildman–Crippen MR) is 93.4 cm³/mol. The number of rotatable bonds is 6. The van der Waals surface area contributed by atoms with Crippen molar-refractivity contribution in [2.75, 3.05) is 7.05 Å². The molecule has 0 fully saturated rings. The van der Waals surface area contributed by atoms with E-state index in [2.05, 4.69) is 20.6 Å². The van der Waals surface area contributed by atoms with E-state index in [1.165, 1.54) is 12.1 Å². The van der Waals surface area contributed by atoms with Crippen LogP contribution in [0.1, 0.15) is 25.0 Å². The van der Waals surface area contributed by atoms with Gasteiger partial charge in [0, 0.05) is 32.4 Å². The minimum atomic E-state index is -0.243. The second kappa shape index (κ2) is 8.86. The van der Waals surface area contributed by atoms with Crippen molar-refractivity contribution in [3.8, 4) is 5.88 Å². The molecule has 5 nitrogen and oxygen atoms in total. The van der Waals surface area contributed by atoms with Crippen molar-refractivity contribution in [3.63, 3.8) is 0 Å². The van der Waals surface area contributed by atoms with Gasteiger partial charge in [0.05, 0.1) is 6.10 Å². The summed E-state index contributed by atoms with van der Waals surface area (Å²) in [7, 11) is 1.69. The van der Waals surface area contributed by atoms with Gasteiger partial charge in [0.1, 0.15) is 5.82 Å². The molecule has 1 heterocycles. The lowest BCUT2D eigenvalue weighted by molar-refractivity contribution is 0.232. The Balaban J connectivity index is 1.83. The summed E-state index contributed by atoms with van der Waals surface area (Å²) in [6, 6.07) is 10.3. The van der Waals surface area contributed by atoms with Gasteiger partial charge in [0.15, 0.2) is 5.96 Å². The van der Waals surface area contributed by atoms with Crippen LogP contribution in [0.25, 0.3) is 0 Å². The van der Waals surface area contributed by atoms with Crippen LogP contribution in [0.2, 0.25) is 0 Å². The molecule has 0 saturated carbocycles. The fourth-order valence-electron chi connectivity index (χ4n) is 2.07. The van der Waals surface area contributed by atoms with Crippen molar-refractivity contribution in [1.82, 2.24) is 15.6 Å².